The molecule has 2 N–H and O–H groups in total. The summed E-state index contributed by atoms with van der Waals surface area (Å²) in [5, 5.41) is 0. The van der Waals surface area contributed by atoms with Gasteiger partial charge >= 0.3 is 0 Å². The van der Waals surface area contributed by atoms with Crippen molar-refractivity contribution < 1.29 is 4.74 Å². The molecule has 2 fully saturated rings. The Morgan fingerprint density at radius 3 is 2.26 bits per heavy atom. The molecule has 2 heterocycles. The number of nitrogens with zero attached hydrogens (tertiary/aromatic N) is 1. The minimum absolute atomic E-state index is 0.111. The number of hydrogen-bond donors (Lipinski definition) is 1. The standard InChI is InChI=1S/C15H30N2OS/c1-13(2)10-17(7-8-19-13)9-11-12(16)15(5,6)18-14(11,3)4/h11-12H,7-10,16H2,1-6H3. The van der Waals surface area contributed by atoms with Crippen LogP contribution in [0.5, 0.6) is 0 Å². The summed E-state index contributed by atoms with van der Waals surface area (Å²) in [6, 6.07) is 0.111. The van der Waals surface area contributed by atoms with Crippen molar-refractivity contribution in [3.63, 3.8) is 0 Å². The second kappa shape index (κ2) is 4.90. The van der Waals surface area contributed by atoms with Crippen molar-refractivity contribution in [3.05, 3.63) is 0 Å². The summed E-state index contributed by atoms with van der Waals surface area (Å²) >= 11 is 2.08. The predicted molar refractivity (Wildman–Crippen MR) is 83.7 cm³/mol. The SMILES string of the molecule is CC1(C)CN(CC2C(N)C(C)(C)OC2(C)C)CCS1. The van der Waals surface area contributed by atoms with Crippen LogP contribution < -0.4 is 5.73 Å². The van der Waals surface area contributed by atoms with E-state index < -0.39 is 0 Å². The third-order valence-electron chi connectivity index (χ3n) is 4.61. The van der Waals surface area contributed by atoms with Gasteiger partial charge in [-0.05, 0) is 41.5 Å². The monoisotopic (exact) mass is 286 g/mol. The second-order valence-electron chi connectivity index (χ2n) is 7.78. The quantitative estimate of drug-likeness (QED) is 0.846. The highest BCUT2D eigenvalue weighted by atomic mass is 32.2. The molecule has 0 spiro atoms. The molecule has 19 heavy (non-hydrogen) atoms. The summed E-state index contributed by atoms with van der Waals surface area (Å²) in [5.74, 6) is 1.63. The van der Waals surface area contributed by atoms with Gasteiger partial charge in [-0.2, -0.15) is 11.8 Å². The summed E-state index contributed by atoms with van der Waals surface area (Å²) in [5.41, 5.74) is 6.12. The van der Waals surface area contributed by atoms with E-state index in [1.165, 1.54) is 12.3 Å². The van der Waals surface area contributed by atoms with E-state index >= 15 is 0 Å². The molecule has 0 aromatic heterocycles. The van der Waals surface area contributed by atoms with Gasteiger partial charge in [0, 0.05) is 42.1 Å². The molecule has 0 saturated carbocycles. The lowest BCUT2D eigenvalue weighted by atomic mass is 9.82. The number of thioether (sulfide) groups is 1. The fourth-order valence-electron chi connectivity index (χ4n) is 3.62. The Morgan fingerprint density at radius 1 is 1.16 bits per heavy atom. The van der Waals surface area contributed by atoms with Crippen LogP contribution in [0.25, 0.3) is 0 Å². The van der Waals surface area contributed by atoms with E-state index in [-0.39, 0.29) is 17.2 Å². The van der Waals surface area contributed by atoms with Gasteiger partial charge < -0.3 is 15.4 Å². The van der Waals surface area contributed by atoms with E-state index in [1.54, 1.807) is 0 Å². The van der Waals surface area contributed by atoms with E-state index in [4.69, 9.17) is 10.5 Å². The van der Waals surface area contributed by atoms with E-state index in [2.05, 4.69) is 58.2 Å². The lowest BCUT2D eigenvalue weighted by Gasteiger charge is -2.41. The molecule has 3 nitrogen and oxygen atoms in total. The molecular formula is C15H30N2OS. The van der Waals surface area contributed by atoms with Gasteiger partial charge in [0.15, 0.2) is 0 Å². The Kier molecular flexibility index (Phi) is 4.03. The van der Waals surface area contributed by atoms with Crippen LogP contribution in [0, 0.1) is 5.92 Å². The molecule has 2 unspecified atom stereocenters. The van der Waals surface area contributed by atoms with Gasteiger partial charge in [0.2, 0.25) is 0 Å². The van der Waals surface area contributed by atoms with Gasteiger partial charge in [-0.15, -0.1) is 0 Å². The molecule has 2 saturated heterocycles. The van der Waals surface area contributed by atoms with Crippen molar-refractivity contribution in [2.75, 3.05) is 25.4 Å². The molecule has 2 aliphatic rings. The van der Waals surface area contributed by atoms with E-state index in [0.717, 1.165) is 13.1 Å². The summed E-state index contributed by atoms with van der Waals surface area (Å²) < 4.78 is 6.56. The highest BCUT2D eigenvalue weighted by molar-refractivity contribution is 8.00. The molecule has 112 valence electrons. The van der Waals surface area contributed by atoms with Crippen LogP contribution in [0.4, 0.5) is 0 Å². The molecule has 0 aromatic carbocycles. The van der Waals surface area contributed by atoms with E-state index in [1.807, 2.05) is 0 Å². The van der Waals surface area contributed by atoms with Crippen molar-refractivity contribution in [1.82, 2.24) is 4.90 Å². The molecule has 2 atom stereocenters. The Bertz CT molecular complexity index is 341. The zero-order valence-electron chi connectivity index (χ0n) is 13.3. The second-order valence-corrected chi connectivity index (χ2v) is 9.59. The highest BCUT2D eigenvalue weighted by Crippen LogP contribution is 2.42. The Balaban J connectivity index is 2.06. The minimum Gasteiger partial charge on any atom is -0.368 e. The maximum atomic E-state index is 6.46. The van der Waals surface area contributed by atoms with Crippen LogP contribution >= 0.6 is 11.8 Å². The summed E-state index contributed by atoms with van der Waals surface area (Å²) in [6.07, 6.45) is 0. The van der Waals surface area contributed by atoms with Gasteiger partial charge in [0.1, 0.15) is 0 Å². The van der Waals surface area contributed by atoms with Crippen molar-refractivity contribution in [3.8, 4) is 0 Å². The first-order valence-electron chi connectivity index (χ1n) is 7.36. The van der Waals surface area contributed by atoms with Crippen molar-refractivity contribution in [1.29, 1.82) is 0 Å². The topological polar surface area (TPSA) is 38.5 Å². The van der Waals surface area contributed by atoms with Gasteiger partial charge in [0.25, 0.3) is 0 Å². The van der Waals surface area contributed by atoms with Gasteiger partial charge in [0.05, 0.1) is 11.2 Å². The minimum atomic E-state index is -0.214. The third-order valence-corrected chi connectivity index (χ3v) is 5.91. The normalized spacial score (nSPS) is 37.4. The predicted octanol–water partition coefficient (Wildman–Crippen LogP) is 2.34. The number of nitrogens with two attached hydrogens (primary N) is 1. The first-order chi connectivity index (χ1) is 8.54. The number of hydrogen-bond acceptors (Lipinski definition) is 4. The Labute approximate surface area is 122 Å². The molecule has 2 rings (SSSR count). The lowest BCUT2D eigenvalue weighted by Crippen LogP contribution is -2.52. The molecule has 2 aliphatic heterocycles. The number of ether oxygens (including phenoxy) is 1. The number of rotatable bonds is 2. The maximum Gasteiger partial charge on any atom is 0.0788 e. The van der Waals surface area contributed by atoms with Crippen LogP contribution in [0.3, 0.4) is 0 Å². The Hall–Kier alpha value is 0.230. The molecule has 4 heteroatoms. The van der Waals surface area contributed by atoms with Crippen LogP contribution in [0.1, 0.15) is 41.5 Å². The zero-order chi connectivity index (χ0) is 14.5. The van der Waals surface area contributed by atoms with E-state index in [9.17, 15) is 0 Å². The van der Waals surface area contributed by atoms with Gasteiger partial charge in [-0.1, -0.05) is 0 Å². The summed E-state index contributed by atoms with van der Waals surface area (Å²) in [4.78, 5) is 2.58. The van der Waals surface area contributed by atoms with Crippen LogP contribution in [0.15, 0.2) is 0 Å². The van der Waals surface area contributed by atoms with Gasteiger partial charge in [-0.25, -0.2) is 0 Å². The van der Waals surface area contributed by atoms with Gasteiger partial charge in [-0.3, -0.25) is 0 Å². The molecule has 0 aromatic rings. The van der Waals surface area contributed by atoms with Crippen LogP contribution in [0.2, 0.25) is 0 Å². The van der Waals surface area contributed by atoms with Crippen LogP contribution in [-0.2, 0) is 4.74 Å². The maximum absolute atomic E-state index is 6.46. The first-order valence-corrected chi connectivity index (χ1v) is 8.34. The van der Waals surface area contributed by atoms with Crippen molar-refractivity contribution in [2.45, 2.75) is 63.5 Å². The summed E-state index contributed by atoms with van der Waals surface area (Å²) in [6.45, 7) is 16.7. The van der Waals surface area contributed by atoms with Crippen LogP contribution in [-0.4, -0.2) is 52.3 Å². The smallest absolute Gasteiger partial charge is 0.0788 e. The molecule has 0 aliphatic carbocycles. The third kappa shape index (κ3) is 3.29. The fourth-order valence-corrected chi connectivity index (χ4v) is 4.80. The highest BCUT2D eigenvalue weighted by Gasteiger charge is 2.52. The largest absolute Gasteiger partial charge is 0.368 e. The lowest BCUT2D eigenvalue weighted by molar-refractivity contribution is -0.0785. The van der Waals surface area contributed by atoms with E-state index in [0.29, 0.717) is 10.7 Å². The molecule has 0 amide bonds. The fraction of sp³-hybridized carbons (Fsp3) is 1.00. The Morgan fingerprint density at radius 2 is 1.79 bits per heavy atom. The summed E-state index contributed by atoms with van der Waals surface area (Å²) in [7, 11) is 0. The first kappa shape index (κ1) is 15.6. The van der Waals surface area contributed by atoms with Crippen molar-refractivity contribution >= 4 is 11.8 Å². The zero-order valence-corrected chi connectivity index (χ0v) is 14.1. The molecule has 0 bridgehead atoms. The van der Waals surface area contributed by atoms with Crippen molar-refractivity contribution in [2.24, 2.45) is 11.7 Å². The molecular weight excluding hydrogens is 256 g/mol. The average Bonchev–Trinajstić information content (AvgIpc) is 2.35. The molecule has 0 radical (unpaired) electrons. The average molecular weight is 286 g/mol.